The van der Waals surface area contributed by atoms with E-state index in [0.717, 1.165) is 44.3 Å². The van der Waals surface area contributed by atoms with E-state index in [9.17, 15) is 17.6 Å². The number of hydrogen-bond acceptors (Lipinski definition) is 5. The van der Waals surface area contributed by atoms with Crippen LogP contribution in [-0.2, 0) is 27.9 Å². The molecular weight excluding hydrogens is 421 g/mol. The van der Waals surface area contributed by atoms with Gasteiger partial charge in [-0.2, -0.15) is 4.31 Å². The van der Waals surface area contributed by atoms with E-state index in [1.54, 1.807) is 24.3 Å². The van der Waals surface area contributed by atoms with E-state index >= 15 is 0 Å². The van der Waals surface area contributed by atoms with Crippen LogP contribution in [0.2, 0.25) is 0 Å². The van der Waals surface area contributed by atoms with Gasteiger partial charge in [-0.05, 0) is 68.6 Å². The highest BCUT2D eigenvalue weighted by Crippen LogP contribution is 2.25. The molecule has 4 rings (SSSR count). The summed E-state index contributed by atoms with van der Waals surface area (Å²) < 4.78 is 45.3. The minimum Gasteiger partial charge on any atom is -0.447 e. The summed E-state index contributed by atoms with van der Waals surface area (Å²) >= 11 is 0. The molecule has 0 bridgehead atoms. The third-order valence-electron chi connectivity index (χ3n) is 6.01. The van der Waals surface area contributed by atoms with Gasteiger partial charge >= 0.3 is 0 Å². The molecule has 2 aliphatic rings. The fourth-order valence-corrected chi connectivity index (χ4v) is 5.59. The molecule has 2 fully saturated rings. The molecule has 0 unspecified atom stereocenters. The van der Waals surface area contributed by atoms with Crippen LogP contribution in [0.5, 0.6) is 0 Å². The lowest BCUT2D eigenvalue weighted by atomic mass is 9.95. The molecule has 1 amide bonds. The molecule has 3 heterocycles. The van der Waals surface area contributed by atoms with Crippen molar-refractivity contribution in [1.29, 1.82) is 0 Å². The number of hydrogen-bond donors (Lipinski definition) is 1. The molecule has 0 radical (unpaired) electrons. The maximum Gasteiger partial charge on any atom is 0.276 e. The van der Waals surface area contributed by atoms with Crippen molar-refractivity contribution in [2.75, 3.05) is 26.2 Å². The summed E-state index contributed by atoms with van der Waals surface area (Å²) in [5.41, 5.74) is 0.865. The second kappa shape index (κ2) is 9.50. The molecule has 31 heavy (non-hydrogen) atoms. The molecule has 0 aliphatic carbocycles. The van der Waals surface area contributed by atoms with Crippen molar-refractivity contribution in [2.45, 2.75) is 43.9 Å². The Morgan fingerprint density at radius 1 is 1.03 bits per heavy atom. The van der Waals surface area contributed by atoms with Crippen molar-refractivity contribution in [1.82, 2.24) is 14.5 Å². The van der Waals surface area contributed by atoms with Crippen molar-refractivity contribution in [3.63, 3.8) is 0 Å². The molecule has 7 nitrogen and oxygen atoms in total. The van der Waals surface area contributed by atoms with E-state index < -0.39 is 10.0 Å². The monoisotopic (exact) mass is 449 g/mol. The van der Waals surface area contributed by atoms with E-state index in [4.69, 9.17) is 4.42 Å². The number of nitrogens with zero attached hydrogens (tertiary/aromatic N) is 2. The summed E-state index contributed by atoms with van der Waals surface area (Å²) in [5.74, 6) is 0.289. The number of amides is 1. The first-order chi connectivity index (χ1) is 14.9. The van der Waals surface area contributed by atoms with Crippen LogP contribution in [-0.4, -0.2) is 49.7 Å². The summed E-state index contributed by atoms with van der Waals surface area (Å²) in [4.78, 5) is 14.6. The van der Waals surface area contributed by atoms with Crippen molar-refractivity contribution < 1.29 is 22.0 Å². The zero-order valence-electron chi connectivity index (χ0n) is 17.4. The van der Waals surface area contributed by atoms with Gasteiger partial charge in [0.05, 0.1) is 6.54 Å². The number of carbonyl (C=O) groups is 1. The molecule has 2 aromatic rings. The Morgan fingerprint density at radius 2 is 1.71 bits per heavy atom. The van der Waals surface area contributed by atoms with Gasteiger partial charge in [-0.3, -0.25) is 9.69 Å². The van der Waals surface area contributed by atoms with Gasteiger partial charge in [0.1, 0.15) is 11.6 Å². The highest BCUT2D eigenvalue weighted by atomic mass is 32.2. The second-order valence-electron chi connectivity index (χ2n) is 8.23. The maximum absolute atomic E-state index is 13.0. The molecule has 2 saturated heterocycles. The number of nitrogens with one attached hydrogen (secondary N) is 1. The highest BCUT2D eigenvalue weighted by molar-refractivity contribution is 7.89. The van der Waals surface area contributed by atoms with E-state index in [0.29, 0.717) is 31.9 Å². The lowest BCUT2D eigenvalue weighted by Crippen LogP contribution is -2.40. The summed E-state index contributed by atoms with van der Waals surface area (Å²) in [5, 5.41) is 2.94. The molecule has 0 saturated carbocycles. The summed E-state index contributed by atoms with van der Waals surface area (Å²) in [6.07, 6.45) is 3.24. The van der Waals surface area contributed by atoms with Crippen LogP contribution in [0.15, 0.2) is 45.9 Å². The van der Waals surface area contributed by atoms with Crippen molar-refractivity contribution in [3.8, 4) is 0 Å². The Kier molecular flexibility index (Phi) is 6.74. The van der Waals surface area contributed by atoms with Gasteiger partial charge in [0, 0.05) is 25.6 Å². The van der Waals surface area contributed by atoms with Crippen molar-refractivity contribution >= 4 is 15.9 Å². The lowest BCUT2D eigenvalue weighted by molar-refractivity contribution is -0.126. The fourth-order valence-electron chi connectivity index (χ4n) is 4.15. The van der Waals surface area contributed by atoms with Crippen LogP contribution in [0.3, 0.4) is 0 Å². The molecule has 1 aromatic carbocycles. The Morgan fingerprint density at radius 3 is 2.39 bits per heavy atom. The lowest BCUT2D eigenvalue weighted by Gasteiger charge is -2.30. The molecule has 0 spiro atoms. The van der Waals surface area contributed by atoms with Crippen LogP contribution in [0.1, 0.15) is 37.0 Å². The van der Waals surface area contributed by atoms with Crippen molar-refractivity contribution in [2.24, 2.45) is 5.92 Å². The average molecular weight is 450 g/mol. The number of sulfonamides is 1. The third kappa shape index (κ3) is 5.34. The first kappa shape index (κ1) is 22.0. The van der Waals surface area contributed by atoms with Crippen LogP contribution in [0.25, 0.3) is 0 Å². The van der Waals surface area contributed by atoms with Crippen LogP contribution >= 0.6 is 0 Å². The molecule has 1 N–H and O–H groups in total. The molecule has 1 aromatic heterocycles. The predicted octanol–water partition coefficient (Wildman–Crippen LogP) is 2.73. The Hall–Kier alpha value is -2.23. The van der Waals surface area contributed by atoms with Gasteiger partial charge in [0.25, 0.3) is 10.0 Å². The largest absolute Gasteiger partial charge is 0.447 e. The van der Waals surface area contributed by atoms with Crippen LogP contribution in [0.4, 0.5) is 4.39 Å². The number of halogens is 1. The molecule has 9 heteroatoms. The number of benzene rings is 1. The van der Waals surface area contributed by atoms with Crippen LogP contribution < -0.4 is 5.32 Å². The summed E-state index contributed by atoms with van der Waals surface area (Å²) in [6, 6.07) is 9.37. The van der Waals surface area contributed by atoms with Crippen molar-refractivity contribution in [3.05, 3.63) is 53.5 Å². The molecular formula is C22H28FN3O4S. The molecule has 168 valence electrons. The Balaban J connectivity index is 1.24. The Bertz CT molecular complexity index is 992. The quantitative estimate of drug-likeness (QED) is 0.703. The summed E-state index contributed by atoms with van der Waals surface area (Å²) in [7, 11) is -3.54. The normalized spacial score (nSPS) is 19.0. The number of rotatable bonds is 7. The molecule has 0 atom stereocenters. The highest BCUT2D eigenvalue weighted by Gasteiger charge is 2.30. The number of likely N-dealkylation sites (tertiary alicyclic amines) is 1. The first-order valence-electron chi connectivity index (χ1n) is 10.8. The number of carbonyl (C=O) groups excluding carboxylic acids is 1. The standard InChI is InChI=1S/C22H28FN3O4S/c23-19-5-3-17(4-6-19)15-24-22(27)18-9-13-25(14-10-18)16-20-7-8-21(30-20)31(28,29)26-11-1-2-12-26/h3-8,18H,1-2,9-16H2,(H,24,27). The zero-order chi connectivity index (χ0) is 21.8. The number of furan rings is 1. The maximum atomic E-state index is 13.0. The van der Waals surface area contributed by atoms with Gasteiger partial charge in [-0.25, -0.2) is 12.8 Å². The minimum atomic E-state index is -3.54. The van der Waals surface area contributed by atoms with E-state index in [2.05, 4.69) is 10.2 Å². The smallest absolute Gasteiger partial charge is 0.276 e. The number of piperidine rings is 1. The fraction of sp³-hybridized carbons (Fsp3) is 0.500. The molecule has 2 aliphatic heterocycles. The van der Waals surface area contributed by atoms with Gasteiger partial charge in [0.2, 0.25) is 11.0 Å². The van der Waals surface area contributed by atoms with Gasteiger partial charge in [-0.15, -0.1) is 0 Å². The van der Waals surface area contributed by atoms with Crippen LogP contribution in [0, 0.1) is 11.7 Å². The van der Waals surface area contributed by atoms with Gasteiger partial charge in [-0.1, -0.05) is 12.1 Å². The Labute approximate surface area is 182 Å². The third-order valence-corrected chi connectivity index (χ3v) is 7.79. The van der Waals surface area contributed by atoms with E-state index in [-0.39, 0.29) is 22.7 Å². The SMILES string of the molecule is O=C(NCc1ccc(F)cc1)C1CCN(Cc2ccc(S(=O)(=O)N3CCCC3)o2)CC1. The average Bonchev–Trinajstić information content (AvgIpc) is 3.47. The second-order valence-corrected chi connectivity index (χ2v) is 10.1. The van der Waals surface area contributed by atoms with E-state index in [1.165, 1.54) is 16.4 Å². The zero-order valence-corrected chi connectivity index (χ0v) is 18.2. The van der Waals surface area contributed by atoms with E-state index in [1.807, 2.05) is 0 Å². The van der Waals surface area contributed by atoms with Gasteiger partial charge in [0.15, 0.2) is 0 Å². The minimum absolute atomic E-state index is 0.0134. The topological polar surface area (TPSA) is 82.9 Å². The van der Waals surface area contributed by atoms with Gasteiger partial charge < -0.3 is 9.73 Å². The summed E-state index contributed by atoms with van der Waals surface area (Å²) in [6.45, 7) is 3.50. The first-order valence-corrected chi connectivity index (χ1v) is 12.2. The predicted molar refractivity (Wildman–Crippen MR) is 113 cm³/mol.